The van der Waals surface area contributed by atoms with Gasteiger partial charge in [0.2, 0.25) is 22.9 Å². The summed E-state index contributed by atoms with van der Waals surface area (Å²) >= 11 is 1.19. The monoisotopic (exact) mass is 483 g/mol. The molecule has 2 saturated heterocycles. The minimum atomic E-state index is -0.577. The molecule has 0 aliphatic carbocycles. The van der Waals surface area contributed by atoms with Gasteiger partial charge in [-0.3, -0.25) is 14.4 Å². The number of carbonyl (C=O) groups excluding carboxylic acids is 3. The molecule has 8 nitrogen and oxygen atoms in total. The molecule has 0 saturated carbocycles. The van der Waals surface area contributed by atoms with Gasteiger partial charge in [-0.15, -0.1) is 10.2 Å². The summed E-state index contributed by atoms with van der Waals surface area (Å²) in [6, 6.07) is 11.3. The minimum absolute atomic E-state index is 0.0403. The molecule has 3 amide bonds. The molecule has 34 heavy (non-hydrogen) atoms. The Morgan fingerprint density at radius 2 is 1.41 bits per heavy atom. The molecule has 174 valence electrons. The molecule has 2 unspecified atom stereocenters. The lowest BCUT2D eigenvalue weighted by atomic mass is 10.1. The maximum Gasteiger partial charge on any atom is 0.231 e. The number of nitrogens with one attached hydrogen (secondary N) is 1. The molecule has 0 spiro atoms. The van der Waals surface area contributed by atoms with E-state index in [4.69, 9.17) is 0 Å². The first-order valence-corrected chi connectivity index (χ1v) is 11.4. The molecule has 0 bridgehead atoms. The maximum atomic E-state index is 13.2. The highest BCUT2D eigenvalue weighted by Gasteiger charge is 2.37. The maximum absolute atomic E-state index is 13.2. The van der Waals surface area contributed by atoms with Crippen LogP contribution in [0.15, 0.2) is 48.5 Å². The first kappa shape index (κ1) is 22.1. The average Bonchev–Trinajstić information content (AvgIpc) is 3.54. The van der Waals surface area contributed by atoms with E-state index in [1.807, 2.05) is 0 Å². The molecule has 1 N–H and O–H groups in total. The van der Waals surface area contributed by atoms with E-state index in [2.05, 4.69) is 15.5 Å². The van der Waals surface area contributed by atoms with Gasteiger partial charge in [0.1, 0.15) is 16.6 Å². The number of rotatable bonds is 5. The normalized spacial score (nSPS) is 20.3. The topological polar surface area (TPSA) is 95.5 Å². The summed E-state index contributed by atoms with van der Waals surface area (Å²) < 4.78 is 26.3. The standard InChI is InChI=1S/C23H19F2N5O3S/c24-15-1-5-17(6-2-15)29-11-13(9-19(29)31)21(33)26-23-28-27-22(34-23)14-10-20(32)30(12-14)18-7-3-16(25)4-8-18/h1-8,13-14H,9-12H2,(H,26,28,33). The van der Waals surface area contributed by atoms with Gasteiger partial charge < -0.3 is 15.1 Å². The van der Waals surface area contributed by atoms with Crippen molar-refractivity contribution in [3.8, 4) is 0 Å². The highest BCUT2D eigenvalue weighted by Crippen LogP contribution is 2.34. The van der Waals surface area contributed by atoms with Crippen LogP contribution in [0.4, 0.5) is 25.3 Å². The number of nitrogens with zero attached hydrogens (tertiary/aromatic N) is 4. The summed E-state index contributed by atoms with van der Waals surface area (Å²) in [7, 11) is 0. The highest BCUT2D eigenvalue weighted by atomic mass is 32.1. The fourth-order valence-corrected chi connectivity index (χ4v) is 4.99. The Balaban J connectivity index is 1.21. The summed E-state index contributed by atoms with van der Waals surface area (Å²) in [5.41, 5.74) is 1.15. The van der Waals surface area contributed by atoms with E-state index in [9.17, 15) is 23.2 Å². The Labute approximate surface area is 197 Å². The Kier molecular flexibility index (Phi) is 5.78. The molecule has 2 atom stereocenters. The SMILES string of the molecule is O=C(Nc1nnc(C2CC(=O)N(c3ccc(F)cc3)C2)s1)C1CC(=O)N(c2ccc(F)cc2)C1. The van der Waals surface area contributed by atoms with Crippen LogP contribution in [-0.4, -0.2) is 41.0 Å². The van der Waals surface area contributed by atoms with Gasteiger partial charge in [0.05, 0.1) is 5.92 Å². The third-order valence-corrected chi connectivity index (χ3v) is 6.92. The van der Waals surface area contributed by atoms with Gasteiger partial charge in [0.25, 0.3) is 0 Å². The van der Waals surface area contributed by atoms with Crippen molar-refractivity contribution in [2.75, 3.05) is 28.2 Å². The molecular formula is C23H19F2N5O3S. The predicted molar refractivity (Wildman–Crippen MR) is 122 cm³/mol. The van der Waals surface area contributed by atoms with Crippen molar-refractivity contribution in [1.82, 2.24) is 10.2 Å². The van der Waals surface area contributed by atoms with Crippen LogP contribution in [0.3, 0.4) is 0 Å². The summed E-state index contributed by atoms with van der Waals surface area (Å²) in [4.78, 5) is 40.6. The number of hydrogen-bond acceptors (Lipinski definition) is 6. The molecule has 3 heterocycles. The lowest BCUT2D eigenvalue weighted by Crippen LogP contribution is -2.28. The molecule has 2 aliphatic rings. The summed E-state index contributed by atoms with van der Waals surface area (Å²) in [6.07, 6.45) is 0.280. The number of benzene rings is 2. The molecule has 5 rings (SSSR count). The summed E-state index contributed by atoms with van der Waals surface area (Å²) in [5.74, 6) is -2.20. The second-order valence-electron chi connectivity index (χ2n) is 8.20. The van der Waals surface area contributed by atoms with Gasteiger partial charge in [-0.2, -0.15) is 0 Å². The quantitative estimate of drug-likeness (QED) is 0.601. The van der Waals surface area contributed by atoms with Crippen LogP contribution in [0, 0.1) is 17.6 Å². The molecule has 2 aliphatic heterocycles. The van der Waals surface area contributed by atoms with Gasteiger partial charge in [0.15, 0.2) is 0 Å². The number of anilines is 3. The number of halogens is 2. The molecule has 1 aromatic heterocycles. The molecular weight excluding hydrogens is 464 g/mol. The van der Waals surface area contributed by atoms with E-state index in [-0.39, 0.29) is 48.8 Å². The second kappa shape index (κ2) is 8.90. The Bertz CT molecular complexity index is 1250. The van der Waals surface area contributed by atoms with Crippen LogP contribution in [0.1, 0.15) is 23.8 Å². The number of aromatic nitrogens is 2. The lowest BCUT2D eigenvalue weighted by molar-refractivity contribution is -0.122. The third kappa shape index (κ3) is 4.38. The fraction of sp³-hybridized carbons (Fsp3) is 0.261. The van der Waals surface area contributed by atoms with Crippen LogP contribution in [0.2, 0.25) is 0 Å². The average molecular weight is 484 g/mol. The van der Waals surface area contributed by atoms with Gasteiger partial charge >= 0.3 is 0 Å². The van der Waals surface area contributed by atoms with Crippen molar-refractivity contribution in [3.05, 3.63) is 65.2 Å². The zero-order valence-electron chi connectivity index (χ0n) is 17.8. The largest absolute Gasteiger partial charge is 0.312 e. The van der Waals surface area contributed by atoms with Crippen LogP contribution in [0.5, 0.6) is 0 Å². The van der Waals surface area contributed by atoms with E-state index < -0.39 is 11.7 Å². The van der Waals surface area contributed by atoms with Crippen molar-refractivity contribution in [3.63, 3.8) is 0 Å². The van der Waals surface area contributed by atoms with Crippen LogP contribution in [-0.2, 0) is 14.4 Å². The first-order chi connectivity index (χ1) is 16.4. The van der Waals surface area contributed by atoms with Crippen molar-refractivity contribution in [2.45, 2.75) is 18.8 Å². The van der Waals surface area contributed by atoms with Crippen LogP contribution >= 0.6 is 11.3 Å². The van der Waals surface area contributed by atoms with Gasteiger partial charge in [0, 0.05) is 43.2 Å². The lowest BCUT2D eigenvalue weighted by Gasteiger charge is -2.16. The van der Waals surface area contributed by atoms with Crippen molar-refractivity contribution < 1.29 is 23.2 Å². The predicted octanol–water partition coefficient (Wildman–Crippen LogP) is 3.33. The van der Waals surface area contributed by atoms with Crippen LogP contribution < -0.4 is 15.1 Å². The number of hydrogen-bond donors (Lipinski definition) is 1. The molecule has 2 aromatic carbocycles. The zero-order valence-corrected chi connectivity index (χ0v) is 18.6. The van der Waals surface area contributed by atoms with E-state index >= 15 is 0 Å². The fourth-order valence-electron chi connectivity index (χ4n) is 4.15. The van der Waals surface area contributed by atoms with Gasteiger partial charge in [-0.1, -0.05) is 11.3 Å². The van der Waals surface area contributed by atoms with Crippen molar-refractivity contribution in [2.24, 2.45) is 5.92 Å². The number of amides is 3. The Morgan fingerprint density at radius 1 is 0.853 bits per heavy atom. The van der Waals surface area contributed by atoms with Crippen molar-refractivity contribution >= 4 is 45.6 Å². The molecule has 0 radical (unpaired) electrons. The van der Waals surface area contributed by atoms with Crippen LogP contribution in [0.25, 0.3) is 0 Å². The summed E-state index contributed by atoms with van der Waals surface area (Å²) in [5, 5.41) is 11.8. The zero-order chi connectivity index (χ0) is 23.8. The van der Waals surface area contributed by atoms with Gasteiger partial charge in [-0.25, -0.2) is 8.78 Å². The Hall–Kier alpha value is -3.73. The highest BCUT2D eigenvalue weighted by molar-refractivity contribution is 7.15. The van der Waals surface area contributed by atoms with E-state index in [0.717, 1.165) is 0 Å². The molecule has 3 aromatic rings. The minimum Gasteiger partial charge on any atom is -0.312 e. The number of carbonyl (C=O) groups is 3. The molecule has 11 heteroatoms. The second-order valence-corrected chi connectivity index (χ2v) is 9.21. The third-order valence-electron chi connectivity index (χ3n) is 5.92. The van der Waals surface area contributed by atoms with E-state index in [0.29, 0.717) is 28.1 Å². The smallest absolute Gasteiger partial charge is 0.231 e. The Morgan fingerprint density at radius 3 is 2.03 bits per heavy atom. The summed E-state index contributed by atoms with van der Waals surface area (Å²) in [6.45, 7) is 0.572. The molecule has 2 fully saturated rings. The van der Waals surface area contributed by atoms with E-state index in [1.165, 1.54) is 52.6 Å². The van der Waals surface area contributed by atoms with Gasteiger partial charge in [-0.05, 0) is 48.5 Å². The van der Waals surface area contributed by atoms with Crippen molar-refractivity contribution in [1.29, 1.82) is 0 Å². The first-order valence-electron chi connectivity index (χ1n) is 10.6. The van der Waals surface area contributed by atoms with E-state index in [1.54, 1.807) is 17.0 Å².